The summed E-state index contributed by atoms with van der Waals surface area (Å²) in [6.07, 6.45) is 0. The standard InChI is InChI=1S/C19H13FO/c20-18-11-5-9-15-16-10-4-8-14(13-6-2-1-3-7-13)19(16)21-12-17(15)18/h1-11H,12H2. The minimum Gasteiger partial charge on any atom is -0.487 e. The van der Waals surface area contributed by atoms with Crippen molar-refractivity contribution in [2.24, 2.45) is 0 Å². The molecular formula is C19H13FO. The highest BCUT2D eigenvalue weighted by molar-refractivity contribution is 5.84. The molecule has 1 aliphatic heterocycles. The van der Waals surface area contributed by atoms with E-state index < -0.39 is 0 Å². The lowest BCUT2D eigenvalue weighted by Gasteiger charge is -2.23. The molecule has 0 bridgehead atoms. The Bertz CT molecular complexity index is 809. The maximum Gasteiger partial charge on any atom is 0.135 e. The molecule has 102 valence electrons. The van der Waals surface area contributed by atoms with Crippen LogP contribution in [-0.4, -0.2) is 0 Å². The molecule has 3 aromatic carbocycles. The van der Waals surface area contributed by atoms with Crippen molar-refractivity contribution in [3.63, 3.8) is 0 Å². The molecule has 0 amide bonds. The molecule has 0 aliphatic carbocycles. The van der Waals surface area contributed by atoms with Crippen LogP contribution in [0.4, 0.5) is 4.39 Å². The molecule has 0 spiro atoms. The molecule has 3 aromatic rings. The van der Waals surface area contributed by atoms with Crippen molar-refractivity contribution in [2.75, 3.05) is 0 Å². The third-order valence-corrected chi connectivity index (χ3v) is 3.87. The fraction of sp³-hybridized carbons (Fsp3) is 0.0526. The average molecular weight is 276 g/mol. The molecule has 1 nitrogen and oxygen atoms in total. The second-order valence-corrected chi connectivity index (χ2v) is 5.10. The lowest BCUT2D eigenvalue weighted by molar-refractivity contribution is 0.297. The zero-order valence-corrected chi connectivity index (χ0v) is 11.3. The molecule has 4 rings (SSSR count). The van der Waals surface area contributed by atoms with Crippen LogP contribution in [0.25, 0.3) is 22.3 Å². The quantitative estimate of drug-likeness (QED) is 0.604. The lowest BCUT2D eigenvalue weighted by atomic mass is 9.92. The van der Waals surface area contributed by atoms with E-state index in [1.165, 1.54) is 6.07 Å². The molecule has 1 heterocycles. The first-order valence-electron chi connectivity index (χ1n) is 6.93. The summed E-state index contributed by atoms with van der Waals surface area (Å²) in [4.78, 5) is 0. The Morgan fingerprint density at radius 3 is 2.29 bits per heavy atom. The minimum absolute atomic E-state index is 0.205. The van der Waals surface area contributed by atoms with E-state index in [1.54, 1.807) is 6.07 Å². The van der Waals surface area contributed by atoms with Gasteiger partial charge in [-0.3, -0.25) is 0 Å². The smallest absolute Gasteiger partial charge is 0.135 e. The van der Waals surface area contributed by atoms with Crippen molar-refractivity contribution in [3.05, 3.63) is 78.1 Å². The Morgan fingerprint density at radius 1 is 0.714 bits per heavy atom. The largest absolute Gasteiger partial charge is 0.487 e. The minimum atomic E-state index is -0.205. The number of rotatable bonds is 1. The van der Waals surface area contributed by atoms with E-state index in [2.05, 4.69) is 12.1 Å². The third kappa shape index (κ3) is 1.91. The highest BCUT2D eigenvalue weighted by Gasteiger charge is 2.22. The average Bonchev–Trinajstić information content (AvgIpc) is 2.55. The van der Waals surface area contributed by atoms with Gasteiger partial charge >= 0.3 is 0 Å². The topological polar surface area (TPSA) is 9.23 Å². The predicted molar refractivity (Wildman–Crippen MR) is 81.6 cm³/mol. The zero-order valence-electron chi connectivity index (χ0n) is 11.3. The Hall–Kier alpha value is -2.61. The number of ether oxygens (including phenoxy) is 1. The molecule has 0 unspecified atom stereocenters. The van der Waals surface area contributed by atoms with Gasteiger partial charge in [-0.25, -0.2) is 4.39 Å². The van der Waals surface area contributed by atoms with Crippen LogP contribution in [0, 0.1) is 5.82 Å². The maximum atomic E-state index is 13.9. The van der Waals surface area contributed by atoms with Crippen molar-refractivity contribution in [3.8, 4) is 28.0 Å². The molecule has 0 saturated heterocycles. The molecular weight excluding hydrogens is 263 g/mol. The van der Waals surface area contributed by atoms with Crippen molar-refractivity contribution in [2.45, 2.75) is 6.61 Å². The Kier molecular flexibility index (Phi) is 2.74. The van der Waals surface area contributed by atoms with Crippen LogP contribution < -0.4 is 4.74 Å². The first-order chi connectivity index (χ1) is 10.3. The Labute approximate surface area is 122 Å². The molecule has 0 saturated carbocycles. The molecule has 0 radical (unpaired) electrons. The van der Waals surface area contributed by atoms with Gasteiger partial charge in [0.15, 0.2) is 0 Å². The van der Waals surface area contributed by atoms with E-state index in [9.17, 15) is 4.39 Å². The van der Waals surface area contributed by atoms with Crippen molar-refractivity contribution in [1.82, 2.24) is 0 Å². The van der Waals surface area contributed by atoms with E-state index in [0.29, 0.717) is 5.56 Å². The van der Waals surface area contributed by atoms with Gasteiger partial charge in [-0.15, -0.1) is 0 Å². The van der Waals surface area contributed by atoms with E-state index in [1.807, 2.05) is 42.5 Å². The number of fused-ring (bicyclic) bond motifs is 3. The number of hydrogen-bond donors (Lipinski definition) is 0. The summed E-state index contributed by atoms with van der Waals surface area (Å²) in [5.41, 5.74) is 4.67. The number of halogens is 1. The maximum absolute atomic E-state index is 13.9. The summed E-state index contributed by atoms with van der Waals surface area (Å²) < 4.78 is 19.8. The van der Waals surface area contributed by atoms with Gasteiger partial charge in [-0.1, -0.05) is 60.7 Å². The molecule has 21 heavy (non-hydrogen) atoms. The molecule has 0 atom stereocenters. The van der Waals surface area contributed by atoms with E-state index in [4.69, 9.17) is 4.74 Å². The molecule has 0 N–H and O–H groups in total. The summed E-state index contributed by atoms with van der Waals surface area (Å²) >= 11 is 0. The van der Waals surface area contributed by atoms with Crippen LogP contribution in [-0.2, 0) is 6.61 Å². The van der Waals surface area contributed by atoms with Gasteiger partial charge in [0.05, 0.1) is 0 Å². The number of para-hydroxylation sites is 1. The van der Waals surface area contributed by atoms with Crippen molar-refractivity contribution < 1.29 is 9.13 Å². The van der Waals surface area contributed by atoms with Gasteiger partial charge in [0.25, 0.3) is 0 Å². The van der Waals surface area contributed by atoms with Gasteiger partial charge in [-0.05, 0) is 17.2 Å². The van der Waals surface area contributed by atoms with Gasteiger partial charge in [-0.2, -0.15) is 0 Å². The number of benzene rings is 3. The first-order valence-corrected chi connectivity index (χ1v) is 6.93. The van der Waals surface area contributed by atoms with Crippen molar-refractivity contribution in [1.29, 1.82) is 0 Å². The normalized spacial score (nSPS) is 12.2. The van der Waals surface area contributed by atoms with Crippen LogP contribution in [0.5, 0.6) is 5.75 Å². The zero-order chi connectivity index (χ0) is 14.2. The van der Waals surface area contributed by atoms with Crippen LogP contribution in [0.15, 0.2) is 66.7 Å². The fourth-order valence-electron chi connectivity index (χ4n) is 2.85. The van der Waals surface area contributed by atoms with Crippen LogP contribution in [0.1, 0.15) is 5.56 Å². The fourth-order valence-corrected chi connectivity index (χ4v) is 2.85. The van der Waals surface area contributed by atoms with Crippen LogP contribution in [0.2, 0.25) is 0 Å². The van der Waals surface area contributed by atoms with E-state index in [0.717, 1.165) is 28.0 Å². The molecule has 1 aliphatic rings. The highest BCUT2D eigenvalue weighted by Crippen LogP contribution is 2.44. The van der Waals surface area contributed by atoms with Crippen LogP contribution in [0.3, 0.4) is 0 Å². The lowest BCUT2D eigenvalue weighted by Crippen LogP contribution is -2.08. The van der Waals surface area contributed by atoms with Crippen LogP contribution >= 0.6 is 0 Å². The number of hydrogen-bond acceptors (Lipinski definition) is 1. The first kappa shape index (κ1) is 12.2. The summed E-state index contributed by atoms with van der Waals surface area (Å²) in [5, 5.41) is 0. The van der Waals surface area contributed by atoms with Gasteiger partial charge in [0.1, 0.15) is 18.2 Å². The van der Waals surface area contributed by atoms with E-state index >= 15 is 0 Å². The Balaban J connectivity index is 1.96. The second kappa shape index (κ2) is 4.74. The molecule has 0 fully saturated rings. The highest BCUT2D eigenvalue weighted by atomic mass is 19.1. The predicted octanol–water partition coefficient (Wildman–Crippen LogP) is 5.05. The molecule has 0 aromatic heterocycles. The molecule has 2 heteroatoms. The third-order valence-electron chi connectivity index (χ3n) is 3.87. The summed E-state index contributed by atoms with van der Waals surface area (Å²) in [6.45, 7) is 0.277. The summed E-state index contributed by atoms with van der Waals surface area (Å²) in [6, 6.07) is 21.3. The monoisotopic (exact) mass is 276 g/mol. The SMILES string of the molecule is Fc1cccc2c1COc1c(-c3ccccc3)cccc1-2. The summed E-state index contributed by atoms with van der Waals surface area (Å²) in [5.74, 6) is 0.630. The van der Waals surface area contributed by atoms with Gasteiger partial charge in [0.2, 0.25) is 0 Å². The second-order valence-electron chi connectivity index (χ2n) is 5.10. The van der Waals surface area contributed by atoms with Gasteiger partial charge in [0, 0.05) is 16.7 Å². The van der Waals surface area contributed by atoms with Crippen molar-refractivity contribution >= 4 is 0 Å². The Morgan fingerprint density at radius 2 is 1.43 bits per heavy atom. The summed E-state index contributed by atoms with van der Waals surface area (Å²) in [7, 11) is 0. The van der Waals surface area contributed by atoms with Gasteiger partial charge < -0.3 is 4.74 Å². The van der Waals surface area contributed by atoms with E-state index in [-0.39, 0.29) is 12.4 Å².